The first-order valence-corrected chi connectivity index (χ1v) is 4.39. The number of rotatable bonds is 2. The molecule has 80 valence electrons. The lowest BCUT2D eigenvalue weighted by Gasteiger charge is -2.06. The van der Waals surface area contributed by atoms with Gasteiger partial charge in [0.15, 0.2) is 5.65 Å². The highest BCUT2D eigenvalue weighted by atomic mass is 19.4. The summed E-state index contributed by atoms with van der Waals surface area (Å²) >= 11 is 0. The average Bonchev–Trinajstić information content (AvgIpc) is 2.57. The third-order valence-corrected chi connectivity index (χ3v) is 2.00. The molecule has 0 radical (unpaired) electrons. The first-order chi connectivity index (χ1) is 7.06. The first kappa shape index (κ1) is 9.95. The van der Waals surface area contributed by atoms with Crippen LogP contribution in [-0.4, -0.2) is 20.9 Å². The smallest absolute Gasteiger partial charge is 0.247 e. The molecule has 0 aliphatic rings. The maximum absolute atomic E-state index is 12.0. The number of hydrogen-bond acceptors (Lipinski definition) is 2. The largest absolute Gasteiger partial charge is 0.390 e. The van der Waals surface area contributed by atoms with Crippen LogP contribution in [0, 0.1) is 0 Å². The molecule has 0 aromatic carbocycles. The van der Waals surface area contributed by atoms with E-state index in [1.807, 2.05) is 0 Å². The number of aryl methyl sites for hydroxylation is 1. The van der Waals surface area contributed by atoms with Crippen molar-refractivity contribution in [2.24, 2.45) is 0 Å². The lowest BCUT2D eigenvalue weighted by molar-refractivity contribution is -0.137. The zero-order valence-corrected chi connectivity index (χ0v) is 7.70. The van der Waals surface area contributed by atoms with Crippen LogP contribution in [0.3, 0.4) is 0 Å². The van der Waals surface area contributed by atoms with E-state index < -0.39 is 12.6 Å². The van der Waals surface area contributed by atoms with Crippen LogP contribution in [0.2, 0.25) is 0 Å². The van der Waals surface area contributed by atoms with Gasteiger partial charge in [0.1, 0.15) is 0 Å². The lowest BCUT2D eigenvalue weighted by atomic mass is 10.3. The van der Waals surface area contributed by atoms with Gasteiger partial charge in [-0.1, -0.05) is 0 Å². The van der Waals surface area contributed by atoms with E-state index in [-0.39, 0.29) is 6.54 Å². The number of hydrogen-bond donors (Lipinski definition) is 0. The quantitative estimate of drug-likeness (QED) is 0.770. The van der Waals surface area contributed by atoms with Crippen LogP contribution in [0.25, 0.3) is 11.0 Å². The summed E-state index contributed by atoms with van der Waals surface area (Å²) in [5, 5.41) is 4.60. The molecule has 0 aliphatic heterocycles. The third-order valence-electron chi connectivity index (χ3n) is 2.00. The van der Waals surface area contributed by atoms with Crippen LogP contribution < -0.4 is 0 Å². The topological polar surface area (TPSA) is 30.7 Å². The molecule has 2 aromatic rings. The Morgan fingerprint density at radius 2 is 2.13 bits per heavy atom. The number of aromatic nitrogens is 3. The molecule has 0 atom stereocenters. The molecular weight excluding hydrogens is 207 g/mol. The van der Waals surface area contributed by atoms with Gasteiger partial charge >= 0.3 is 6.18 Å². The Morgan fingerprint density at radius 3 is 2.87 bits per heavy atom. The SMILES string of the molecule is FC(F)(F)CCn1ncc2cccnc21. The van der Waals surface area contributed by atoms with Crippen molar-refractivity contribution in [1.29, 1.82) is 0 Å². The highest BCUT2D eigenvalue weighted by Gasteiger charge is 2.27. The van der Waals surface area contributed by atoms with E-state index in [0.29, 0.717) is 5.65 Å². The Kier molecular flexibility index (Phi) is 2.34. The van der Waals surface area contributed by atoms with Crippen molar-refractivity contribution in [2.45, 2.75) is 19.1 Å². The molecule has 0 bridgehead atoms. The first-order valence-electron chi connectivity index (χ1n) is 4.39. The van der Waals surface area contributed by atoms with Crippen LogP contribution in [0.15, 0.2) is 24.5 Å². The van der Waals surface area contributed by atoms with Crippen molar-refractivity contribution in [3.8, 4) is 0 Å². The van der Waals surface area contributed by atoms with Crippen molar-refractivity contribution in [2.75, 3.05) is 0 Å². The molecule has 0 spiro atoms. The minimum absolute atomic E-state index is 0.190. The zero-order valence-electron chi connectivity index (χ0n) is 7.70. The van der Waals surface area contributed by atoms with E-state index in [1.165, 1.54) is 17.1 Å². The molecule has 0 fully saturated rings. The van der Waals surface area contributed by atoms with Gasteiger partial charge in [-0.2, -0.15) is 18.3 Å². The molecule has 0 unspecified atom stereocenters. The molecule has 0 amide bonds. The number of fused-ring (bicyclic) bond motifs is 1. The van der Waals surface area contributed by atoms with Gasteiger partial charge in [-0.15, -0.1) is 0 Å². The monoisotopic (exact) mass is 215 g/mol. The van der Waals surface area contributed by atoms with Gasteiger partial charge in [-0.05, 0) is 12.1 Å². The fourth-order valence-electron chi connectivity index (χ4n) is 1.31. The lowest BCUT2D eigenvalue weighted by Crippen LogP contribution is -2.13. The second-order valence-electron chi connectivity index (χ2n) is 3.15. The number of pyridine rings is 1. The third kappa shape index (κ3) is 2.26. The molecule has 0 N–H and O–H groups in total. The van der Waals surface area contributed by atoms with Gasteiger partial charge < -0.3 is 0 Å². The summed E-state index contributed by atoms with van der Waals surface area (Å²) in [6.45, 7) is -0.190. The molecule has 3 nitrogen and oxygen atoms in total. The van der Waals surface area contributed by atoms with Crippen molar-refractivity contribution in [1.82, 2.24) is 14.8 Å². The van der Waals surface area contributed by atoms with Crippen LogP contribution >= 0.6 is 0 Å². The van der Waals surface area contributed by atoms with E-state index in [1.54, 1.807) is 12.1 Å². The fraction of sp³-hybridized carbons (Fsp3) is 0.333. The maximum atomic E-state index is 12.0. The van der Waals surface area contributed by atoms with Crippen molar-refractivity contribution in [3.05, 3.63) is 24.5 Å². The molecular formula is C9H8F3N3. The van der Waals surface area contributed by atoms with Crippen LogP contribution in [0.1, 0.15) is 6.42 Å². The summed E-state index contributed by atoms with van der Waals surface area (Å²) in [7, 11) is 0. The van der Waals surface area contributed by atoms with Gasteiger partial charge in [0.2, 0.25) is 0 Å². The Bertz CT molecular complexity index is 461. The molecule has 2 heterocycles. The fourth-order valence-corrected chi connectivity index (χ4v) is 1.31. The molecule has 0 saturated heterocycles. The van der Waals surface area contributed by atoms with E-state index in [2.05, 4.69) is 10.1 Å². The summed E-state index contributed by atoms with van der Waals surface area (Å²) in [4.78, 5) is 3.97. The van der Waals surface area contributed by atoms with Crippen molar-refractivity contribution >= 4 is 11.0 Å². The van der Waals surface area contributed by atoms with E-state index in [9.17, 15) is 13.2 Å². The summed E-state index contributed by atoms with van der Waals surface area (Å²) in [5.74, 6) is 0. The van der Waals surface area contributed by atoms with Crippen LogP contribution in [0.5, 0.6) is 0 Å². The molecule has 6 heteroatoms. The maximum Gasteiger partial charge on any atom is 0.390 e. The Labute approximate surface area is 83.5 Å². The van der Waals surface area contributed by atoms with Gasteiger partial charge in [-0.3, -0.25) is 0 Å². The molecule has 0 saturated carbocycles. The van der Waals surface area contributed by atoms with Crippen molar-refractivity contribution in [3.63, 3.8) is 0 Å². The number of alkyl halides is 3. The summed E-state index contributed by atoms with van der Waals surface area (Å²) < 4.78 is 37.2. The van der Waals surface area contributed by atoms with Crippen LogP contribution in [0.4, 0.5) is 13.2 Å². The minimum atomic E-state index is -4.16. The number of halogens is 3. The zero-order chi connectivity index (χ0) is 10.9. The summed E-state index contributed by atoms with van der Waals surface area (Å²) in [5.41, 5.74) is 0.488. The van der Waals surface area contributed by atoms with E-state index in [4.69, 9.17) is 0 Å². The molecule has 2 aromatic heterocycles. The predicted molar refractivity (Wildman–Crippen MR) is 48.2 cm³/mol. The minimum Gasteiger partial charge on any atom is -0.247 e. The van der Waals surface area contributed by atoms with Gasteiger partial charge in [0.25, 0.3) is 0 Å². The summed E-state index contributed by atoms with van der Waals surface area (Å²) in [6.07, 6.45) is -2.00. The average molecular weight is 215 g/mol. The van der Waals surface area contributed by atoms with Gasteiger partial charge in [0, 0.05) is 11.6 Å². The molecule has 2 rings (SSSR count). The highest BCUT2D eigenvalue weighted by Crippen LogP contribution is 2.21. The second-order valence-corrected chi connectivity index (χ2v) is 3.15. The van der Waals surface area contributed by atoms with Crippen molar-refractivity contribution < 1.29 is 13.2 Å². The Balaban J connectivity index is 2.22. The number of nitrogens with zero attached hydrogens (tertiary/aromatic N) is 3. The molecule has 15 heavy (non-hydrogen) atoms. The molecule has 0 aliphatic carbocycles. The second kappa shape index (κ2) is 3.52. The Hall–Kier alpha value is -1.59. The van der Waals surface area contributed by atoms with E-state index >= 15 is 0 Å². The van der Waals surface area contributed by atoms with Gasteiger partial charge in [-0.25, -0.2) is 9.67 Å². The predicted octanol–water partition coefficient (Wildman–Crippen LogP) is 2.38. The van der Waals surface area contributed by atoms with Crippen LogP contribution in [-0.2, 0) is 6.54 Å². The van der Waals surface area contributed by atoms with Gasteiger partial charge in [0.05, 0.1) is 19.2 Å². The van der Waals surface area contributed by atoms with E-state index in [0.717, 1.165) is 5.39 Å². The Morgan fingerprint density at radius 1 is 1.33 bits per heavy atom. The normalized spacial score (nSPS) is 12.2. The highest BCUT2D eigenvalue weighted by molar-refractivity contribution is 5.73. The summed E-state index contributed by atoms with van der Waals surface area (Å²) in [6, 6.07) is 3.48. The standard InChI is InChI=1S/C9H8F3N3/c10-9(11,12)3-5-15-8-7(6-14-15)2-1-4-13-8/h1-2,4,6H,3,5H2.